The van der Waals surface area contributed by atoms with E-state index in [1.54, 1.807) is 25.3 Å². The number of alkyl carbamates (subject to hydrolysis) is 1. The monoisotopic (exact) mass is 805 g/mol. The molecule has 0 bridgehead atoms. The van der Waals surface area contributed by atoms with Gasteiger partial charge < -0.3 is 31.1 Å². The quantitative estimate of drug-likeness (QED) is 0.0768. The lowest BCUT2D eigenvalue weighted by Crippen LogP contribution is -2.54. The summed E-state index contributed by atoms with van der Waals surface area (Å²) in [6, 6.07) is 29.5. The molecule has 1 aliphatic heterocycles. The molecule has 4 aromatic rings. The first-order chi connectivity index (χ1) is 28.4. The Labute approximate surface area is 345 Å². The molecule has 0 saturated heterocycles. The van der Waals surface area contributed by atoms with E-state index in [9.17, 15) is 29.1 Å². The summed E-state index contributed by atoms with van der Waals surface area (Å²) in [5.41, 5.74) is 13.9. The lowest BCUT2D eigenvalue weighted by atomic mass is 9.96. The van der Waals surface area contributed by atoms with Crippen LogP contribution in [0.5, 0.6) is 0 Å². The number of nitrogens with one attached hydrogen (secondary N) is 4. The number of anilines is 1. The van der Waals surface area contributed by atoms with E-state index < -0.39 is 48.6 Å². The standard InChI is InChI=1S/C45H55N7O7/c1-30(2)24-37(40(53)26-42(55)50-49-41(54)23-12-18-32-14-6-4-7-15-32)47-43(56)38(48-45(58)59-28-33-16-8-5-9-17-33)25-35-27-51(44(57)31(3)46)29-52(35)39-22-13-20-34-19-10-11-21-36(34)39/h4-11,13-17,19-22,27,30-31,37-38,40,53H,12,18,23-26,28-29,46H2,1-3H3,(H,47,56)(H,48,58)(H,49,54)(H,50,55)/t31-,37-,38?,40-/m0/s1. The Morgan fingerprint density at radius 2 is 1.44 bits per heavy atom. The van der Waals surface area contributed by atoms with Gasteiger partial charge in [-0.05, 0) is 54.7 Å². The molecule has 1 unspecified atom stereocenters. The molecule has 1 aliphatic rings. The van der Waals surface area contributed by atoms with E-state index in [1.807, 2.05) is 110 Å². The van der Waals surface area contributed by atoms with E-state index in [1.165, 1.54) is 4.90 Å². The van der Waals surface area contributed by atoms with Crippen LogP contribution < -0.4 is 32.1 Å². The van der Waals surface area contributed by atoms with Gasteiger partial charge in [-0.3, -0.25) is 34.9 Å². The molecule has 0 aliphatic carbocycles. The summed E-state index contributed by atoms with van der Waals surface area (Å²) in [6.45, 7) is 5.49. The van der Waals surface area contributed by atoms with Crippen molar-refractivity contribution in [3.8, 4) is 0 Å². The van der Waals surface area contributed by atoms with Crippen LogP contribution in [0.1, 0.15) is 64.0 Å². The van der Waals surface area contributed by atoms with E-state index in [2.05, 4.69) is 21.5 Å². The number of ether oxygens (including phenoxy) is 1. The number of nitrogens with zero attached hydrogens (tertiary/aromatic N) is 2. The van der Waals surface area contributed by atoms with Crippen LogP contribution in [0, 0.1) is 5.92 Å². The van der Waals surface area contributed by atoms with Crippen LogP contribution in [0.15, 0.2) is 115 Å². The van der Waals surface area contributed by atoms with Crippen molar-refractivity contribution in [2.75, 3.05) is 11.6 Å². The van der Waals surface area contributed by atoms with Crippen molar-refractivity contribution in [3.05, 3.63) is 126 Å². The second-order valence-corrected chi connectivity index (χ2v) is 15.2. The molecule has 5 rings (SSSR count). The van der Waals surface area contributed by atoms with Gasteiger partial charge in [0.05, 0.1) is 30.3 Å². The molecule has 0 saturated carbocycles. The SMILES string of the molecule is CC(C)C[C@H](NC(=O)C(CC1=CN(C(=O)[C@H](C)N)CN1c1cccc2ccccc12)NC(=O)OCc1ccccc1)[C@@H](O)CC(=O)NNC(=O)CCCc1ccccc1. The number of benzene rings is 4. The van der Waals surface area contributed by atoms with Gasteiger partial charge >= 0.3 is 6.09 Å². The molecule has 0 aromatic heterocycles. The van der Waals surface area contributed by atoms with Gasteiger partial charge in [0.2, 0.25) is 23.6 Å². The first-order valence-corrected chi connectivity index (χ1v) is 20.0. The number of rotatable bonds is 18. The maximum Gasteiger partial charge on any atom is 0.408 e. The molecular formula is C45H55N7O7. The van der Waals surface area contributed by atoms with Crippen molar-refractivity contribution in [2.24, 2.45) is 11.7 Å². The molecule has 0 radical (unpaired) electrons. The average molecular weight is 806 g/mol. The fourth-order valence-electron chi connectivity index (χ4n) is 6.88. The Hall–Kier alpha value is -6.25. The zero-order chi connectivity index (χ0) is 42.3. The lowest BCUT2D eigenvalue weighted by Gasteiger charge is -2.30. The second kappa shape index (κ2) is 21.5. The van der Waals surface area contributed by atoms with Crippen LogP contribution in [0.3, 0.4) is 0 Å². The van der Waals surface area contributed by atoms with Crippen LogP contribution >= 0.6 is 0 Å². The zero-order valence-electron chi connectivity index (χ0n) is 33.8. The molecule has 14 nitrogen and oxygen atoms in total. The average Bonchev–Trinajstić information content (AvgIpc) is 3.65. The third-order valence-corrected chi connectivity index (χ3v) is 9.88. The van der Waals surface area contributed by atoms with Gasteiger partial charge in [0.15, 0.2) is 0 Å². The number of nitrogens with two attached hydrogens (primary N) is 1. The number of aryl methyl sites for hydroxylation is 1. The largest absolute Gasteiger partial charge is 0.445 e. The van der Waals surface area contributed by atoms with Crippen LogP contribution in [0.25, 0.3) is 10.8 Å². The minimum Gasteiger partial charge on any atom is -0.445 e. The molecule has 14 heteroatoms. The number of amides is 5. The normalized spacial score (nSPS) is 14.5. The molecule has 4 aromatic carbocycles. The van der Waals surface area contributed by atoms with E-state index in [0.29, 0.717) is 25.0 Å². The maximum atomic E-state index is 14.3. The van der Waals surface area contributed by atoms with Gasteiger partial charge in [-0.2, -0.15) is 0 Å². The number of hydrogen-bond donors (Lipinski definition) is 6. The summed E-state index contributed by atoms with van der Waals surface area (Å²) in [5.74, 6) is -2.00. The molecule has 0 spiro atoms. The van der Waals surface area contributed by atoms with Crippen molar-refractivity contribution in [1.82, 2.24) is 26.4 Å². The minimum atomic E-state index is -1.35. The Morgan fingerprint density at radius 1 is 0.797 bits per heavy atom. The van der Waals surface area contributed by atoms with E-state index in [-0.39, 0.29) is 43.8 Å². The summed E-state index contributed by atoms with van der Waals surface area (Å²) >= 11 is 0. The van der Waals surface area contributed by atoms with Gasteiger partial charge in [0.25, 0.3) is 0 Å². The molecule has 59 heavy (non-hydrogen) atoms. The van der Waals surface area contributed by atoms with Crippen molar-refractivity contribution >= 4 is 46.2 Å². The van der Waals surface area contributed by atoms with E-state index in [4.69, 9.17) is 10.5 Å². The summed E-state index contributed by atoms with van der Waals surface area (Å²) in [7, 11) is 0. The Balaban J connectivity index is 1.32. The highest BCUT2D eigenvalue weighted by Crippen LogP contribution is 2.34. The van der Waals surface area contributed by atoms with E-state index >= 15 is 0 Å². The number of hydrazine groups is 1. The van der Waals surface area contributed by atoms with Crippen LogP contribution in [0.4, 0.5) is 10.5 Å². The highest BCUT2D eigenvalue weighted by molar-refractivity contribution is 5.96. The van der Waals surface area contributed by atoms with Gasteiger partial charge in [0, 0.05) is 30.1 Å². The van der Waals surface area contributed by atoms with Gasteiger partial charge in [-0.1, -0.05) is 111 Å². The minimum absolute atomic E-state index is 0.0122. The zero-order valence-corrected chi connectivity index (χ0v) is 33.8. The predicted octanol–water partition coefficient (Wildman–Crippen LogP) is 4.77. The first kappa shape index (κ1) is 43.9. The molecule has 1 heterocycles. The lowest BCUT2D eigenvalue weighted by molar-refractivity contribution is -0.131. The van der Waals surface area contributed by atoms with Crippen molar-refractivity contribution in [3.63, 3.8) is 0 Å². The van der Waals surface area contributed by atoms with Crippen LogP contribution in [-0.2, 0) is 36.9 Å². The molecule has 4 atom stereocenters. The number of hydrogen-bond acceptors (Lipinski definition) is 9. The Morgan fingerprint density at radius 3 is 2.14 bits per heavy atom. The molecule has 5 amide bonds. The number of fused-ring (bicyclic) bond motifs is 1. The second-order valence-electron chi connectivity index (χ2n) is 15.2. The number of carbonyl (C=O) groups excluding carboxylic acids is 5. The van der Waals surface area contributed by atoms with Gasteiger partial charge in [-0.15, -0.1) is 0 Å². The van der Waals surface area contributed by atoms with Crippen molar-refractivity contribution < 1.29 is 33.8 Å². The van der Waals surface area contributed by atoms with Gasteiger partial charge in [-0.25, -0.2) is 4.79 Å². The number of carbonyl (C=O) groups is 5. The smallest absolute Gasteiger partial charge is 0.408 e. The third kappa shape index (κ3) is 13.1. The third-order valence-electron chi connectivity index (χ3n) is 9.88. The summed E-state index contributed by atoms with van der Waals surface area (Å²) in [5, 5.41) is 18.8. The van der Waals surface area contributed by atoms with Gasteiger partial charge in [0.1, 0.15) is 19.3 Å². The fraction of sp³-hybridized carbons (Fsp3) is 0.356. The molecule has 0 fully saturated rings. The first-order valence-electron chi connectivity index (χ1n) is 20.0. The van der Waals surface area contributed by atoms with Crippen molar-refractivity contribution in [1.29, 1.82) is 0 Å². The number of aliphatic hydroxyl groups is 1. The highest BCUT2D eigenvalue weighted by Gasteiger charge is 2.34. The van der Waals surface area contributed by atoms with Crippen molar-refractivity contribution in [2.45, 2.75) is 90.1 Å². The number of aliphatic hydroxyl groups excluding tert-OH is 1. The molecule has 7 N–H and O–H groups in total. The fourth-order valence-corrected chi connectivity index (χ4v) is 6.88. The Kier molecular flexibility index (Phi) is 16.0. The summed E-state index contributed by atoms with van der Waals surface area (Å²) < 4.78 is 5.51. The highest BCUT2D eigenvalue weighted by atomic mass is 16.5. The molecular weight excluding hydrogens is 751 g/mol. The summed E-state index contributed by atoms with van der Waals surface area (Å²) in [6.07, 6.45) is 0.698. The summed E-state index contributed by atoms with van der Waals surface area (Å²) in [4.78, 5) is 69.6. The topological polar surface area (TPSA) is 195 Å². The van der Waals surface area contributed by atoms with Crippen LogP contribution in [0.2, 0.25) is 0 Å². The Bertz CT molecular complexity index is 2070. The predicted molar refractivity (Wildman–Crippen MR) is 226 cm³/mol. The molecule has 312 valence electrons. The maximum absolute atomic E-state index is 14.3. The van der Waals surface area contributed by atoms with Crippen LogP contribution in [-0.4, -0.2) is 70.6 Å². The van der Waals surface area contributed by atoms with E-state index in [0.717, 1.165) is 27.6 Å².